The van der Waals surface area contributed by atoms with Crippen LogP contribution in [0.5, 0.6) is 0 Å². The lowest BCUT2D eigenvalue weighted by atomic mass is 10.0. The predicted molar refractivity (Wildman–Crippen MR) is 100 cm³/mol. The van der Waals surface area contributed by atoms with Gasteiger partial charge in [0, 0.05) is 6.42 Å². The third kappa shape index (κ3) is 6.79. The molecule has 1 aromatic carbocycles. The normalized spacial score (nSPS) is 20.6. The summed E-state index contributed by atoms with van der Waals surface area (Å²) in [7, 11) is 0. The Labute approximate surface area is 156 Å². The van der Waals surface area contributed by atoms with Crippen molar-refractivity contribution in [3.63, 3.8) is 0 Å². The highest BCUT2D eigenvalue weighted by Crippen LogP contribution is 2.21. The van der Waals surface area contributed by atoms with E-state index < -0.39 is 12.1 Å². The van der Waals surface area contributed by atoms with Crippen LogP contribution in [0.3, 0.4) is 0 Å². The van der Waals surface area contributed by atoms with E-state index in [4.69, 9.17) is 9.47 Å². The number of rotatable bonds is 11. The first-order valence-electron chi connectivity index (χ1n) is 9.77. The summed E-state index contributed by atoms with van der Waals surface area (Å²) in [6, 6.07) is 8.58. The van der Waals surface area contributed by atoms with Gasteiger partial charge in [-0.25, -0.2) is 0 Å². The largest absolute Gasteiger partial charge is 0.461 e. The van der Waals surface area contributed by atoms with Gasteiger partial charge in [0.25, 0.3) is 0 Å². The van der Waals surface area contributed by atoms with Crippen LogP contribution in [0, 0.1) is 0 Å². The van der Waals surface area contributed by atoms with Crippen molar-refractivity contribution < 1.29 is 19.1 Å². The van der Waals surface area contributed by atoms with Crippen molar-refractivity contribution in [3.8, 4) is 0 Å². The van der Waals surface area contributed by atoms with E-state index in [9.17, 15) is 9.59 Å². The van der Waals surface area contributed by atoms with E-state index in [1.807, 2.05) is 30.3 Å². The van der Waals surface area contributed by atoms with E-state index in [2.05, 4.69) is 12.2 Å². The average molecular weight is 361 g/mol. The fraction of sp³-hybridized carbons (Fsp3) is 0.619. The van der Waals surface area contributed by atoms with Crippen LogP contribution in [-0.4, -0.2) is 30.1 Å². The van der Waals surface area contributed by atoms with Crippen molar-refractivity contribution in [2.24, 2.45) is 0 Å². The number of benzene rings is 1. The van der Waals surface area contributed by atoms with Crippen LogP contribution in [0.2, 0.25) is 0 Å². The van der Waals surface area contributed by atoms with E-state index in [1.54, 1.807) is 6.92 Å². The Hall–Kier alpha value is -1.88. The first-order valence-corrected chi connectivity index (χ1v) is 9.77. The first kappa shape index (κ1) is 20.4. The highest BCUT2D eigenvalue weighted by atomic mass is 16.6. The molecule has 5 heteroatoms. The van der Waals surface area contributed by atoms with Gasteiger partial charge in [0.1, 0.15) is 24.8 Å². The van der Waals surface area contributed by atoms with E-state index in [1.165, 1.54) is 25.7 Å². The summed E-state index contributed by atoms with van der Waals surface area (Å²) in [4.78, 5) is 24.1. The van der Waals surface area contributed by atoms with Crippen LogP contribution >= 0.6 is 0 Å². The van der Waals surface area contributed by atoms with Crippen LogP contribution in [0.4, 0.5) is 0 Å². The SMILES string of the molecule is CCCCCCCC1CC(N[C@@H](C)C(=O)OCc2ccccc2)C(=O)O1. The van der Waals surface area contributed by atoms with Crippen LogP contribution < -0.4 is 5.32 Å². The summed E-state index contributed by atoms with van der Waals surface area (Å²) in [6.07, 6.45) is 7.49. The molecule has 3 atom stereocenters. The predicted octanol–water partition coefficient (Wildman–Crippen LogP) is 3.75. The first-order chi connectivity index (χ1) is 12.6. The highest BCUT2D eigenvalue weighted by molar-refractivity contribution is 5.80. The molecular formula is C21H31NO4. The topological polar surface area (TPSA) is 64.6 Å². The Morgan fingerprint density at radius 3 is 2.69 bits per heavy atom. The third-order valence-electron chi connectivity index (χ3n) is 4.72. The second-order valence-electron chi connectivity index (χ2n) is 7.03. The minimum Gasteiger partial charge on any atom is -0.461 e. The maximum Gasteiger partial charge on any atom is 0.323 e. The van der Waals surface area contributed by atoms with Gasteiger partial charge in [-0.15, -0.1) is 0 Å². The Kier molecular flexibility index (Phi) is 8.62. The third-order valence-corrected chi connectivity index (χ3v) is 4.72. The number of carbonyl (C=O) groups is 2. The Balaban J connectivity index is 1.68. The van der Waals surface area contributed by atoms with Crippen molar-refractivity contribution in [3.05, 3.63) is 35.9 Å². The molecule has 1 aliphatic heterocycles. The molecule has 1 N–H and O–H groups in total. The Morgan fingerprint density at radius 1 is 1.23 bits per heavy atom. The van der Waals surface area contributed by atoms with Crippen molar-refractivity contribution in [1.82, 2.24) is 5.32 Å². The maximum atomic E-state index is 12.1. The van der Waals surface area contributed by atoms with E-state index in [-0.39, 0.29) is 24.6 Å². The standard InChI is InChI=1S/C21H31NO4/c1-3-4-5-6-10-13-18-14-19(21(24)26-18)22-16(2)20(23)25-15-17-11-8-7-9-12-17/h7-9,11-12,16,18-19,22H,3-6,10,13-15H2,1-2H3/t16-,18?,19?/m0/s1. The molecule has 1 saturated heterocycles. The van der Waals surface area contributed by atoms with Gasteiger partial charge < -0.3 is 9.47 Å². The van der Waals surface area contributed by atoms with Gasteiger partial charge in [0.05, 0.1) is 0 Å². The van der Waals surface area contributed by atoms with Crippen molar-refractivity contribution in [2.75, 3.05) is 0 Å². The highest BCUT2D eigenvalue weighted by Gasteiger charge is 2.35. The molecule has 1 fully saturated rings. The molecular weight excluding hydrogens is 330 g/mol. The lowest BCUT2D eigenvalue weighted by molar-refractivity contribution is -0.148. The zero-order chi connectivity index (χ0) is 18.8. The molecule has 1 aromatic rings. The van der Waals surface area contributed by atoms with Gasteiger partial charge in [-0.1, -0.05) is 62.9 Å². The summed E-state index contributed by atoms with van der Waals surface area (Å²) < 4.78 is 10.7. The zero-order valence-electron chi connectivity index (χ0n) is 15.9. The molecule has 2 unspecified atom stereocenters. The quantitative estimate of drug-likeness (QED) is 0.480. The summed E-state index contributed by atoms with van der Waals surface area (Å²) in [5, 5.41) is 3.06. The molecule has 1 heterocycles. The molecule has 0 aromatic heterocycles. The Morgan fingerprint density at radius 2 is 1.96 bits per heavy atom. The molecule has 0 bridgehead atoms. The molecule has 0 saturated carbocycles. The second-order valence-corrected chi connectivity index (χ2v) is 7.03. The number of ether oxygens (including phenoxy) is 2. The number of hydrogen-bond acceptors (Lipinski definition) is 5. The summed E-state index contributed by atoms with van der Waals surface area (Å²) >= 11 is 0. The number of esters is 2. The lowest BCUT2D eigenvalue weighted by Crippen LogP contribution is -2.44. The van der Waals surface area contributed by atoms with Gasteiger partial charge in [0.15, 0.2) is 0 Å². The van der Waals surface area contributed by atoms with Crippen LogP contribution in [0.1, 0.15) is 64.4 Å². The fourth-order valence-electron chi connectivity index (χ4n) is 3.17. The fourth-order valence-corrected chi connectivity index (χ4v) is 3.17. The number of nitrogens with one attached hydrogen (secondary N) is 1. The van der Waals surface area contributed by atoms with Crippen LogP contribution in [0.15, 0.2) is 30.3 Å². The number of carbonyl (C=O) groups excluding carboxylic acids is 2. The van der Waals surface area contributed by atoms with Gasteiger partial charge in [0.2, 0.25) is 0 Å². The lowest BCUT2D eigenvalue weighted by Gasteiger charge is -2.16. The van der Waals surface area contributed by atoms with Crippen LogP contribution in [0.25, 0.3) is 0 Å². The van der Waals surface area contributed by atoms with E-state index in [0.717, 1.165) is 18.4 Å². The molecule has 26 heavy (non-hydrogen) atoms. The van der Waals surface area contributed by atoms with Gasteiger partial charge >= 0.3 is 11.9 Å². The minimum atomic E-state index is -0.542. The molecule has 0 spiro atoms. The summed E-state index contributed by atoms with van der Waals surface area (Å²) in [5.41, 5.74) is 0.941. The van der Waals surface area contributed by atoms with Crippen molar-refractivity contribution in [2.45, 2.75) is 83.6 Å². The van der Waals surface area contributed by atoms with E-state index in [0.29, 0.717) is 6.42 Å². The zero-order valence-corrected chi connectivity index (χ0v) is 15.9. The molecule has 0 aliphatic carbocycles. The number of unbranched alkanes of at least 4 members (excludes halogenated alkanes) is 4. The maximum absolute atomic E-state index is 12.1. The number of cyclic esters (lactones) is 1. The molecule has 2 rings (SSSR count). The van der Waals surface area contributed by atoms with E-state index >= 15 is 0 Å². The van der Waals surface area contributed by atoms with Gasteiger partial charge in [-0.3, -0.25) is 14.9 Å². The Bertz CT molecular complexity index is 560. The molecule has 144 valence electrons. The van der Waals surface area contributed by atoms with Gasteiger partial charge in [-0.05, 0) is 25.3 Å². The van der Waals surface area contributed by atoms with Gasteiger partial charge in [-0.2, -0.15) is 0 Å². The van der Waals surface area contributed by atoms with Crippen LogP contribution in [-0.2, 0) is 25.7 Å². The summed E-state index contributed by atoms with van der Waals surface area (Å²) in [6.45, 7) is 4.15. The van der Waals surface area contributed by atoms with Crippen molar-refractivity contribution >= 4 is 11.9 Å². The summed E-state index contributed by atoms with van der Waals surface area (Å²) in [5.74, 6) is -0.615. The minimum absolute atomic E-state index is 0.0332. The molecule has 1 aliphatic rings. The average Bonchev–Trinajstić information content (AvgIpc) is 2.99. The second kappa shape index (κ2) is 11.0. The molecule has 5 nitrogen and oxygen atoms in total. The smallest absolute Gasteiger partial charge is 0.323 e. The number of hydrogen-bond donors (Lipinski definition) is 1. The van der Waals surface area contributed by atoms with Crippen molar-refractivity contribution in [1.29, 1.82) is 0 Å². The molecule has 0 amide bonds. The monoisotopic (exact) mass is 361 g/mol. The molecule has 0 radical (unpaired) electrons.